The van der Waals surface area contributed by atoms with E-state index < -0.39 is 15.9 Å². The predicted molar refractivity (Wildman–Crippen MR) is 111 cm³/mol. The highest BCUT2D eigenvalue weighted by Gasteiger charge is 2.32. The number of rotatable bonds is 7. The Morgan fingerprint density at radius 3 is 2.31 bits per heavy atom. The molecule has 0 bridgehead atoms. The van der Waals surface area contributed by atoms with Crippen molar-refractivity contribution in [3.05, 3.63) is 59.7 Å². The highest BCUT2D eigenvalue weighted by atomic mass is 32.2. The van der Waals surface area contributed by atoms with E-state index in [-0.39, 0.29) is 17.4 Å². The average Bonchev–Trinajstić information content (AvgIpc) is 2.74. The molecule has 0 radical (unpaired) electrons. The van der Waals surface area contributed by atoms with Crippen LogP contribution in [0, 0.1) is 0 Å². The van der Waals surface area contributed by atoms with Gasteiger partial charge in [0.1, 0.15) is 6.04 Å². The summed E-state index contributed by atoms with van der Waals surface area (Å²) in [4.78, 5) is 15.0. The maximum atomic E-state index is 13.1. The quantitative estimate of drug-likeness (QED) is 0.738. The molecule has 0 aromatic heterocycles. The van der Waals surface area contributed by atoms with Crippen molar-refractivity contribution >= 4 is 15.7 Å². The predicted octanol–water partition coefficient (Wildman–Crippen LogP) is 1.79. The van der Waals surface area contributed by atoms with Gasteiger partial charge in [-0.1, -0.05) is 36.4 Å². The average molecular weight is 419 g/mol. The van der Waals surface area contributed by atoms with Crippen LogP contribution >= 0.6 is 0 Å². The lowest BCUT2D eigenvalue weighted by molar-refractivity contribution is -0.126. The van der Waals surface area contributed by atoms with Gasteiger partial charge in [-0.15, -0.1) is 0 Å². The third kappa shape index (κ3) is 5.27. The molecule has 1 atom stereocenters. The highest BCUT2D eigenvalue weighted by molar-refractivity contribution is 7.91. The molecule has 1 saturated heterocycles. The summed E-state index contributed by atoms with van der Waals surface area (Å²) in [6.07, 6.45) is 0. The monoisotopic (exact) mass is 418 g/mol. The summed E-state index contributed by atoms with van der Waals surface area (Å²) >= 11 is 0. The Morgan fingerprint density at radius 1 is 1.03 bits per heavy atom. The molecular formula is C21H26N2O5S. The Balaban J connectivity index is 1.75. The van der Waals surface area contributed by atoms with Gasteiger partial charge in [-0.3, -0.25) is 9.69 Å². The zero-order valence-corrected chi connectivity index (χ0v) is 17.4. The number of amides is 1. The number of carbonyl (C=O) groups excluding carboxylic acids is 1. The Kier molecular flexibility index (Phi) is 6.76. The summed E-state index contributed by atoms with van der Waals surface area (Å²) < 4.78 is 34.2. The summed E-state index contributed by atoms with van der Waals surface area (Å²) in [5.41, 5.74) is 1.72. The van der Waals surface area contributed by atoms with Gasteiger partial charge in [0.25, 0.3) is 0 Å². The summed E-state index contributed by atoms with van der Waals surface area (Å²) in [6.45, 7) is 1.01. The molecule has 1 aliphatic heterocycles. The molecule has 0 spiro atoms. The van der Waals surface area contributed by atoms with Gasteiger partial charge in [0.15, 0.2) is 21.3 Å². The SMILES string of the molecule is COc1ccc(CNC(=O)C(c2ccccc2)N2CCS(=O)(=O)CC2)cc1OC. The maximum Gasteiger partial charge on any atom is 0.242 e. The van der Waals surface area contributed by atoms with Crippen LogP contribution in [0.1, 0.15) is 17.2 Å². The van der Waals surface area contributed by atoms with Gasteiger partial charge < -0.3 is 14.8 Å². The van der Waals surface area contributed by atoms with Gasteiger partial charge in [-0.25, -0.2) is 8.42 Å². The van der Waals surface area contributed by atoms with Crippen molar-refractivity contribution in [1.29, 1.82) is 0 Å². The topological polar surface area (TPSA) is 84.9 Å². The number of ether oxygens (including phenoxy) is 2. The fraction of sp³-hybridized carbons (Fsp3) is 0.381. The second-order valence-corrected chi connectivity index (χ2v) is 9.21. The van der Waals surface area contributed by atoms with Crippen molar-refractivity contribution in [2.45, 2.75) is 12.6 Å². The number of benzene rings is 2. The molecule has 1 fully saturated rings. The van der Waals surface area contributed by atoms with Crippen LogP contribution in [0.5, 0.6) is 11.5 Å². The third-order valence-electron chi connectivity index (χ3n) is 5.02. The van der Waals surface area contributed by atoms with Crippen LogP contribution in [0.3, 0.4) is 0 Å². The molecule has 29 heavy (non-hydrogen) atoms. The van der Waals surface area contributed by atoms with Crippen molar-refractivity contribution in [2.75, 3.05) is 38.8 Å². The number of methoxy groups -OCH3 is 2. The minimum absolute atomic E-state index is 0.0687. The van der Waals surface area contributed by atoms with E-state index >= 15 is 0 Å². The molecule has 1 aliphatic rings. The number of nitrogens with zero attached hydrogens (tertiary/aromatic N) is 1. The van der Waals surface area contributed by atoms with E-state index in [0.717, 1.165) is 11.1 Å². The second kappa shape index (κ2) is 9.28. The lowest BCUT2D eigenvalue weighted by Gasteiger charge is -2.33. The number of hydrogen-bond donors (Lipinski definition) is 1. The van der Waals surface area contributed by atoms with Crippen LogP contribution in [0.25, 0.3) is 0 Å². The van der Waals surface area contributed by atoms with Gasteiger partial charge in [0.2, 0.25) is 5.91 Å². The summed E-state index contributed by atoms with van der Waals surface area (Å²) in [5, 5.41) is 2.98. The zero-order valence-electron chi connectivity index (χ0n) is 16.6. The Labute approximate surface area is 171 Å². The number of carbonyl (C=O) groups is 1. The summed E-state index contributed by atoms with van der Waals surface area (Å²) in [6, 6.07) is 14.4. The fourth-order valence-corrected chi connectivity index (χ4v) is 4.65. The molecule has 2 aromatic rings. The highest BCUT2D eigenvalue weighted by Crippen LogP contribution is 2.28. The number of hydrogen-bond acceptors (Lipinski definition) is 6. The van der Waals surface area contributed by atoms with Crippen molar-refractivity contribution < 1.29 is 22.7 Å². The standard InChI is InChI=1S/C21H26N2O5S/c1-27-18-9-8-16(14-19(18)28-2)15-22-21(24)20(17-6-4-3-5-7-17)23-10-12-29(25,26)13-11-23/h3-9,14,20H,10-13,15H2,1-2H3,(H,22,24). The summed E-state index contributed by atoms with van der Waals surface area (Å²) in [7, 11) is 0.112. The van der Waals surface area contributed by atoms with Crippen molar-refractivity contribution in [2.24, 2.45) is 0 Å². The molecule has 2 aromatic carbocycles. The van der Waals surface area contributed by atoms with E-state index in [1.54, 1.807) is 20.3 Å². The van der Waals surface area contributed by atoms with Gasteiger partial charge in [-0.05, 0) is 23.3 Å². The molecule has 156 valence electrons. The zero-order chi connectivity index (χ0) is 20.9. The van der Waals surface area contributed by atoms with Crippen LogP contribution < -0.4 is 14.8 Å². The first-order valence-electron chi connectivity index (χ1n) is 9.41. The van der Waals surface area contributed by atoms with E-state index in [9.17, 15) is 13.2 Å². The largest absolute Gasteiger partial charge is 0.493 e. The first kappa shape index (κ1) is 21.1. The number of sulfone groups is 1. The molecule has 1 amide bonds. The number of nitrogens with one attached hydrogen (secondary N) is 1. The van der Waals surface area contributed by atoms with Crippen molar-refractivity contribution in [3.63, 3.8) is 0 Å². The molecular weight excluding hydrogens is 392 g/mol. The van der Waals surface area contributed by atoms with Gasteiger partial charge in [0, 0.05) is 19.6 Å². The van der Waals surface area contributed by atoms with Gasteiger partial charge in [0.05, 0.1) is 25.7 Å². The van der Waals surface area contributed by atoms with E-state index in [1.165, 1.54) is 0 Å². The van der Waals surface area contributed by atoms with Crippen LogP contribution in [-0.2, 0) is 21.2 Å². The third-order valence-corrected chi connectivity index (χ3v) is 6.63. The maximum absolute atomic E-state index is 13.1. The first-order chi connectivity index (χ1) is 13.9. The first-order valence-corrected chi connectivity index (χ1v) is 11.2. The van der Waals surface area contributed by atoms with Crippen molar-refractivity contribution in [3.8, 4) is 11.5 Å². The minimum Gasteiger partial charge on any atom is -0.493 e. The Bertz CT molecular complexity index is 933. The fourth-order valence-electron chi connectivity index (χ4n) is 3.42. The molecule has 1 unspecified atom stereocenters. The normalized spacial score (nSPS) is 17.3. The lowest BCUT2D eigenvalue weighted by Crippen LogP contribution is -2.47. The van der Waals surface area contributed by atoms with E-state index in [2.05, 4.69) is 5.32 Å². The van der Waals surface area contributed by atoms with Crippen molar-refractivity contribution in [1.82, 2.24) is 10.2 Å². The second-order valence-electron chi connectivity index (χ2n) is 6.91. The van der Waals surface area contributed by atoms with Crippen LogP contribution in [0.2, 0.25) is 0 Å². The Hall–Kier alpha value is -2.58. The molecule has 0 aliphatic carbocycles. The molecule has 1 N–H and O–H groups in total. The van der Waals surface area contributed by atoms with Crippen LogP contribution in [0.4, 0.5) is 0 Å². The molecule has 1 heterocycles. The van der Waals surface area contributed by atoms with E-state index in [1.807, 2.05) is 47.4 Å². The van der Waals surface area contributed by atoms with E-state index in [4.69, 9.17) is 9.47 Å². The van der Waals surface area contributed by atoms with Gasteiger partial charge in [-0.2, -0.15) is 0 Å². The Morgan fingerprint density at radius 2 is 1.69 bits per heavy atom. The lowest BCUT2D eigenvalue weighted by atomic mass is 10.0. The summed E-state index contributed by atoms with van der Waals surface area (Å²) in [5.74, 6) is 1.20. The minimum atomic E-state index is -3.03. The van der Waals surface area contributed by atoms with E-state index in [0.29, 0.717) is 31.1 Å². The molecule has 0 saturated carbocycles. The smallest absolute Gasteiger partial charge is 0.242 e. The van der Waals surface area contributed by atoms with Gasteiger partial charge >= 0.3 is 0 Å². The van der Waals surface area contributed by atoms with Crippen LogP contribution in [-0.4, -0.2) is 58.0 Å². The molecule has 7 nitrogen and oxygen atoms in total. The van der Waals surface area contributed by atoms with Crippen LogP contribution in [0.15, 0.2) is 48.5 Å². The molecule has 8 heteroatoms. The molecule has 3 rings (SSSR count).